The molecular weight excluding hydrogens is 199 g/mol. The number of rotatable bonds is 1. The molecule has 0 spiro atoms. The first-order valence-corrected chi connectivity index (χ1v) is 5.33. The van der Waals surface area contributed by atoms with Gasteiger partial charge in [0, 0.05) is 0 Å². The zero-order valence-electron chi connectivity index (χ0n) is 8.76. The van der Waals surface area contributed by atoms with E-state index in [-0.39, 0.29) is 0 Å². The van der Waals surface area contributed by atoms with E-state index in [0.717, 1.165) is 11.0 Å². The van der Waals surface area contributed by atoms with Crippen LogP contribution < -0.4 is 0 Å². The molecule has 78 valence electrons. The Morgan fingerprint density at radius 1 is 1.06 bits per heavy atom. The third kappa shape index (κ3) is 1.54. The van der Waals surface area contributed by atoms with Crippen LogP contribution in [0.5, 0.6) is 0 Å². The molecule has 1 aliphatic heterocycles. The lowest BCUT2D eigenvalue weighted by atomic mass is 9.76. The maximum absolute atomic E-state index is 9.62. The number of hydrogen-bond donors (Lipinski definition) is 1. The highest BCUT2D eigenvalue weighted by atomic mass is 16.5. The average Bonchev–Trinajstić information content (AvgIpc) is 2.75. The Balaban J connectivity index is 2.12. The third-order valence-corrected chi connectivity index (χ3v) is 2.91. The van der Waals surface area contributed by atoms with Crippen LogP contribution in [-0.4, -0.2) is 18.7 Å². The van der Waals surface area contributed by atoms with Crippen molar-refractivity contribution in [1.82, 2.24) is 0 Å². The summed E-state index contributed by atoms with van der Waals surface area (Å²) < 4.78 is 5.09. The van der Waals surface area contributed by atoms with Gasteiger partial charge in [-0.1, -0.05) is 42.5 Å². The Morgan fingerprint density at radius 3 is 2.62 bits per heavy atom. The number of benzene rings is 2. The highest BCUT2D eigenvalue weighted by Gasteiger charge is 2.25. The normalized spacial score (nSPS) is 15.6. The molecule has 0 saturated heterocycles. The molecule has 0 unspecified atom stereocenters. The first kappa shape index (κ1) is 9.64. The summed E-state index contributed by atoms with van der Waals surface area (Å²) in [4.78, 5) is 0. The van der Waals surface area contributed by atoms with Crippen LogP contribution in [0.2, 0.25) is 0 Å². The van der Waals surface area contributed by atoms with E-state index in [1.54, 1.807) is 0 Å². The van der Waals surface area contributed by atoms with Crippen molar-refractivity contribution in [2.24, 2.45) is 0 Å². The van der Waals surface area contributed by atoms with E-state index < -0.39 is 7.12 Å². The van der Waals surface area contributed by atoms with Gasteiger partial charge in [-0.25, -0.2) is 0 Å². The molecule has 0 aromatic heterocycles. The van der Waals surface area contributed by atoms with E-state index in [4.69, 9.17) is 4.65 Å². The third-order valence-electron chi connectivity index (χ3n) is 2.91. The SMILES string of the molecule is OB1OCC=C1c1ccc2ccccc2c1. The minimum absolute atomic E-state index is 0.489. The number of hydrogen-bond acceptors (Lipinski definition) is 2. The summed E-state index contributed by atoms with van der Waals surface area (Å²) in [5, 5.41) is 12.0. The Hall–Kier alpha value is -1.58. The quantitative estimate of drug-likeness (QED) is 0.731. The first-order chi connectivity index (χ1) is 7.84. The van der Waals surface area contributed by atoms with Crippen LogP contribution in [0.3, 0.4) is 0 Å². The minimum atomic E-state index is -0.777. The second-order valence-corrected chi connectivity index (χ2v) is 3.91. The van der Waals surface area contributed by atoms with Crippen LogP contribution in [0.25, 0.3) is 16.2 Å². The molecule has 1 heterocycles. The summed E-state index contributed by atoms with van der Waals surface area (Å²) >= 11 is 0. The summed E-state index contributed by atoms with van der Waals surface area (Å²) in [7, 11) is -0.777. The zero-order valence-corrected chi connectivity index (χ0v) is 8.76. The van der Waals surface area contributed by atoms with Gasteiger partial charge in [-0.15, -0.1) is 0 Å². The summed E-state index contributed by atoms with van der Waals surface area (Å²) in [6, 6.07) is 14.4. The van der Waals surface area contributed by atoms with Gasteiger partial charge in [0.2, 0.25) is 0 Å². The predicted octanol–water partition coefficient (Wildman–Crippen LogP) is 2.27. The Kier molecular flexibility index (Phi) is 2.27. The van der Waals surface area contributed by atoms with Gasteiger partial charge < -0.3 is 9.68 Å². The minimum Gasteiger partial charge on any atom is -0.423 e. The number of fused-ring (bicyclic) bond motifs is 1. The second kappa shape index (κ2) is 3.78. The maximum atomic E-state index is 9.62. The fraction of sp³-hybridized carbons (Fsp3) is 0.0769. The van der Waals surface area contributed by atoms with Crippen LogP contribution in [0.1, 0.15) is 5.56 Å². The molecule has 0 fully saturated rings. The van der Waals surface area contributed by atoms with Crippen molar-refractivity contribution in [2.75, 3.05) is 6.61 Å². The maximum Gasteiger partial charge on any atom is 0.491 e. The highest BCUT2D eigenvalue weighted by Crippen LogP contribution is 2.25. The average molecular weight is 210 g/mol. The predicted molar refractivity (Wildman–Crippen MR) is 65.8 cm³/mol. The van der Waals surface area contributed by atoms with Gasteiger partial charge in [-0.2, -0.15) is 0 Å². The van der Waals surface area contributed by atoms with Crippen molar-refractivity contribution in [3.63, 3.8) is 0 Å². The van der Waals surface area contributed by atoms with Crippen molar-refractivity contribution in [3.8, 4) is 0 Å². The van der Waals surface area contributed by atoms with Gasteiger partial charge in [0.15, 0.2) is 0 Å². The standard InChI is InChI=1S/C13H11BO2/c15-14-13(7-8-16-14)12-6-5-10-3-1-2-4-11(10)9-12/h1-7,9,15H,8H2. The molecule has 2 aromatic carbocycles. The molecule has 1 aliphatic rings. The first-order valence-electron chi connectivity index (χ1n) is 5.33. The Labute approximate surface area is 94.3 Å². The van der Waals surface area contributed by atoms with E-state index >= 15 is 0 Å². The molecule has 2 nitrogen and oxygen atoms in total. The molecule has 0 aliphatic carbocycles. The lowest BCUT2D eigenvalue weighted by Crippen LogP contribution is -2.14. The van der Waals surface area contributed by atoms with Crippen LogP contribution in [0.15, 0.2) is 48.5 Å². The van der Waals surface area contributed by atoms with E-state index in [0.29, 0.717) is 6.61 Å². The van der Waals surface area contributed by atoms with Gasteiger partial charge in [0.1, 0.15) is 0 Å². The van der Waals surface area contributed by atoms with E-state index in [9.17, 15) is 5.02 Å². The topological polar surface area (TPSA) is 29.5 Å². The van der Waals surface area contributed by atoms with Gasteiger partial charge in [0.05, 0.1) is 6.61 Å². The molecule has 0 saturated carbocycles. The molecule has 0 amide bonds. The summed E-state index contributed by atoms with van der Waals surface area (Å²) in [5.74, 6) is 0. The van der Waals surface area contributed by atoms with Gasteiger partial charge in [-0.3, -0.25) is 0 Å². The molecule has 2 aromatic rings. The van der Waals surface area contributed by atoms with E-state index in [2.05, 4.69) is 24.3 Å². The lowest BCUT2D eigenvalue weighted by molar-refractivity contribution is 0.316. The second-order valence-electron chi connectivity index (χ2n) is 3.91. The molecule has 0 bridgehead atoms. The van der Waals surface area contributed by atoms with Crippen LogP contribution >= 0.6 is 0 Å². The van der Waals surface area contributed by atoms with Crippen molar-refractivity contribution < 1.29 is 9.68 Å². The Morgan fingerprint density at radius 2 is 1.88 bits per heavy atom. The van der Waals surface area contributed by atoms with E-state index in [1.165, 1.54) is 10.8 Å². The molecule has 3 rings (SSSR count). The molecule has 0 radical (unpaired) electrons. The van der Waals surface area contributed by atoms with Gasteiger partial charge in [0.25, 0.3) is 0 Å². The van der Waals surface area contributed by atoms with E-state index in [1.807, 2.05) is 24.3 Å². The monoisotopic (exact) mass is 210 g/mol. The Bertz CT molecular complexity index is 563. The van der Waals surface area contributed by atoms with Crippen molar-refractivity contribution in [2.45, 2.75) is 0 Å². The molecule has 16 heavy (non-hydrogen) atoms. The van der Waals surface area contributed by atoms with Gasteiger partial charge >= 0.3 is 7.12 Å². The zero-order chi connectivity index (χ0) is 11.0. The smallest absolute Gasteiger partial charge is 0.423 e. The summed E-state index contributed by atoms with van der Waals surface area (Å²) in [6.07, 6.45) is 1.93. The largest absolute Gasteiger partial charge is 0.491 e. The van der Waals surface area contributed by atoms with Gasteiger partial charge in [-0.05, 0) is 27.9 Å². The fourth-order valence-corrected chi connectivity index (χ4v) is 2.05. The van der Waals surface area contributed by atoms with Crippen molar-refractivity contribution >= 4 is 23.4 Å². The van der Waals surface area contributed by atoms with Crippen molar-refractivity contribution in [3.05, 3.63) is 54.1 Å². The molecule has 3 heteroatoms. The molecular formula is C13H11BO2. The van der Waals surface area contributed by atoms with Crippen molar-refractivity contribution in [1.29, 1.82) is 0 Å². The molecule has 0 atom stereocenters. The van der Waals surface area contributed by atoms with Crippen LogP contribution in [-0.2, 0) is 4.65 Å². The lowest BCUT2D eigenvalue weighted by Gasteiger charge is -2.05. The highest BCUT2D eigenvalue weighted by molar-refractivity contribution is 6.68. The van der Waals surface area contributed by atoms with Crippen LogP contribution in [0, 0.1) is 0 Å². The van der Waals surface area contributed by atoms with Crippen LogP contribution in [0.4, 0.5) is 0 Å². The molecule has 1 N–H and O–H groups in total. The summed E-state index contributed by atoms with van der Waals surface area (Å²) in [5.41, 5.74) is 1.90. The fourth-order valence-electron chi connectivity index (χ4n) is 2.05. The summed E-state index contributed by atoms with van der Waals surface area (Å²) in [6.45, 7) is 0.489.